The van der Waals surface area contributed by atoms with E-state index < -0.39 is 20.0 Å². The number of rotatable bonds is 67. The van der Waals surface area contributed by atoms with Crippen LogP contribution in [-0.2, 0) is 18.4 Å². The van der Waals surface area contributed by atoms with Crippen molar-refractivity contribution >= 4 is 13.7 Å². The summed E-state index contributed by atoms with van der Waals surface area (Å²) in [5, 5.41) is 13.9. The summed E-state index contributed by atoms with van der Waals surface area (Å²) in [6, 6.07) is -0.886. The van der Waals surface area contributed by atoms with Gasteiger partial charge in [-0.25, -0.2) is 0 Å². The van der Waals surface area contributed by atoms with Crippen LogP contribution >= 0.6 is 7.82 Å². The van der Waals surface area contributed by atoms with Gasteiger partial charge in [0.25, 0.3) is 7.82 Å². The first-order chi connectivity index (χ1) is 40.0. The third-order valence-electron chi connectivity index (χ3n) is 16.5. The normalized spacial score (nSPS) is 13.9. The molecule has 0 saturated heterocycles. The van der Waals surface area contributed by atoms with Crippen LogP contribution in [0.1, 0.15) is 361 Å². The molecule has 0 aromatic rings. The van der Waals surface area contributed by atoms with Crippen molar-refractivity contribution in [1.29, 1.82) is 0 Å². The zero-order valence-electron chi connectivity index (χ0n) is 55.5. The van der Waals surface area contributed by atoms with Gasteiger partial charge in [-0.3, -0.25) is 9.36 Å². The average Bonchev–Trinajstić information content (AvgIpc) is 3.47. The molecule has 0 fully saturated rings. The summed E-state index contributed by atoms with van der Waals surface area (Å²) in [4.78, 5) is 25.6. The number of phosphoric acid groups is 1. The maximum absolute atomic E-state index is 13.0. The lowest BCUT2D eigenvalue weighted by Gasteiger charge is -2.29. The number of aliphatic hydroxyl groups excluding tert-OH is 1. The first-order valence-electron chi connectivity index (χ1n) is 36.0. The third-order valence-corrected chi connectivity index (χ3v) is 17.5. The Kier molecular flexibility index (Phi) is 62.7. The number of hydrogen-bond acceptors (Lipinski definition) is 6. The number of likely N-dealkylation sites (N-methyl/N-ethyl adjacent to an activating group) is 1. The molecule has 8 nitrogen and oxygen atoms in total. The Balaban J connectivity index is 3.90. The second kappa shape index (κ2) is 63.9. The van der Waals surface area contributed by atoms with Crippen LogP contribution in [0.4, 0.5) is 0 Å². The molecule has 9 heteroatoms. The fourth-order valence-corrected chi connectivity index (χ4v) is 11.7. The smallest absolute Gasteiger partial charge is 0.268 e. The number of nitrogens with one attached hydrogen (secondary N) is 1. The van der Waals surface area contributed by atoms with Crippen molar-refractivity contribution in [3.05, 3.63) is 48.6 Å². The van der Waals surface area contributed by atoms with Gasteiger partial charge in [-0.2, -0.15) is 0 Å². The number of carbonyl (C=O) groups excluding carboxylic acids is 1. The number of allylic oxidation sites excluding steroid dienone is 7. The molecule has 0 aliphatic rings. The molecule has 3 unspecified atom stereocenters. The standard InChI is InChI=1S/C73H141N2O6P/c1-6-8-10-12-14-16-18-20-22-24-26-27-28-29-30-31-32-33-34-35-36-37-38-39-40-41-42-43-44-45-46-47-49-51-53-55-57-59-61-63-65-67-73(77)74-71(70-81-82(78,79)80-69-68-75(3,4)5)72(76)66-64-62-60-58-56-54-52-50-48-25-23-21-19-17-15-13-11-9-7-2/h18,20,24,26,28-29,64,66,71-72,76H,6-17,19,21-23,25,27,30-63,65,67-70H2,1-5H3,(H-,74,77,78,79)/b20-18-,26-24-,29-28-,66-64+. The first kappa shape index (κ1) is 80.5. The van der Waals surface area contributed by atoms with E-state index >= 15 is 0 Å². The Morgan fingerprint density at radius 2 is 0.707 bits per heavy atom. The molecule has 0 bridgehead atoms. The molecule has 3 atom stereocenters. The highest BCUT2D eigenvalue weighted by atomic mass is 31.2. The molecular weight excluding hydrogens is 1030 g/mol. The molecule has 0 aromatic heterocycles. The van der Waals surface area contributed by atoms with E-state index in [0.29, 0.717) is 17.4 Å². The summed E-state index contributed by atoms with van der Waals surface area (Å²) in [6.45, 7) is 4.68. The van der Waals surface area contributed by atoms with Crippen molar-refractivity contribution in [2.45, 2.75) is 373 Å². The van der Waals surface area contributed by atoms with E-state index in [2.05, 4.69) is 55.6 Å². The molecule has 0 heterocycles. The van der Waals surface area contributed by atoms with Gasteiger partial charge in [-0.1, -0.05) is 345 Å². The fraction of sp³-hybridized carbons (Fsp3) is 0.877. The maximum Gasteiger partial charge on any atom is 0.268 e. The van der Waals surface area contributed by atoms with Crippen LogP contribution in [-0.4, -0.2) is 68.5 Å². The topological polar surface area (TPSA) is 108 Å². The third kappa shape index (κ3) is 66.0. The Labute approximate surface area is 511 Å². The van der Waals surface area contributed by atoms with E-state index in [-0.39, 0.29) is 19.1 Å². The molecule has 0 spiro atoms. The van der Waals surface area contributed by atoms with E-state index in [0.717, 1.165) is 51.4 Å². The second-order valence-electron chi connectivity index (χ2n) is 25.9. The number of nitrogens with zero attached hydrogens (tertiary/aromatic N) is 1. The molecule has 1 amide bonds. The average molecular weight is 1170 g/mol. The predicted molar refractivity (Wildman–Crippen MR) is 358 cm³/mol. The zero-order valence-corrected chi connectivity index (χ0v) is 56.4. The lowest BCUT2D eigenvalue weighted by Crippen LogP contribution is -2.45. The molecule has 0 rings (SSSR count). The highest BCUT2D eigenvalue weighted by molar-refractivity contribution is 7.45. The van der Waals surface area contributed by atoms with Crippen LogP contribution in [0, 0.1) is 0 Å². The quantitative estimate of drug-likeness (QED) is 0.0272. The van der Waals surface area contributed by atoms with E-state index in [1.807, 2.05) is 27.2 Å². The lowest BCUT2D eigenvalue weighted by atomic mass is 10.0. The largest absolute Gasteiger partial charge is 0.756 e. The highest BCUT2D eigenvalue weighted by Gasteiger charge is 2.23. The molecule has 0 radical (unpaired) electrons. The molecule has 0 aliphatic heterocycles. The number of aliphatic hydroxyl groups is 1. The van der Waals surface area contributed by atoms with Crippen LogP contribution < -0.4 is 10.2 Å². The molecule has 0 aliphatic carbocycles. The van der Waals surface area contributed by atoms with Gasteiger partial charge in [0.05, 0.1) is 39.9 Å². The van der Waals surface area contributed by atoms with Crippen molar-refractivity contribution in [3.8, 4) is 0 Å². The number of hydrogen-bond donors (Lipinski definition) is 2. The molecule has 0 saturated carbocycles. The van der Waals surface area contributed by atoms with Gasteiger partial charge in [0.1, 0.15) is 13.2 Å². The SMILES string of the molecule is CCCCCCC/C=C\C/C=C\C/C=C\CCCCCCCCCCCCCCCCCCCCCCCCCCCCC(=O)NC(COP(=O)([O-])OCC[N+](C)(C)C)C(O)/C=C/CCCCCCCCCCCCCCCCCCC. The summed E-state index contributed by atoms with van der Waals surface area (Å²) >= 11 is 0. The summed E-state index contributed by atoms with van der Waals surface area (Å²) in [6.07, 6.45) is 86.8. The first-order valence-corrected chi connectivity index (χ1v) is 37.5. The fourth-order valence-electron chi connectivity index (χ4n) is 10.9. The van der Waals surface area contributed by atoms with Crippen LogP contribution in [0.2, 0.25) is 0 Å². The van der Waals surface area contributed by atoms with Gasteiger partial charge in [0.2, 0.25) is 5.91 Å². The molecule has 82 heavy (non-hydrogen) atoms. The minimum Gasteiger partial charge on any atom is -0.756 e. The number of phosphoric ester groups is 1. The van der Waals surface area contributed by atoms with E-state index in [9.17, 15) is 19.4 Å². The Morgan fingerprint density at radius 1 is 0.427 bits per heavy atom. The van der Waals surface area contributed by atoms with Crippen LogP contribution in [0.25, 0.3) is 0 Å². The minimum atomic E-state index is -4.60. The van der Waals surface area contributed by atoms with Gasteiger partial charge >= 0.3 is 0 Å². The van der Waals surface area contributed by atoms with E-state index in [1.165, 1.54) is 289 Å². The van der Waals surface area contributed by atoms with Crippen LogP contribution in [0.15, 0.2) is 48.6 Å². The van der Waals surface area contributed by atoms with Crippen molar-refractivity contribution in [1.82, 2.24) is 5.32 Å². The second-order valence-corrected chi connectivity index (χ2v) is 27.4. The van der Waals surface area contributed by atoms with E-state index in [4.69, 9.17) is 9.05 Å². The predicted octanol–water partition coefficient (Wildman–Crippen LogP) is 22.4. The van der Waals surface area contributed by atoms with Gasteiger partial charge in [0.15, 0.2) is 0 Å². The monoisotopic (exact) mass is 1170 g/mol. The summed E-state index contributed by atoms with van der Waals surface area (Å²) in [5.74, 6) is -0.190. The molecule has 2 N–H and O–H groups in total. The molecular formula is C73H141N2O6P. The Hall–Kier alpha value is -1.54. The van der Waals surface area contributed by atoms with E-state index in [1.54, 1.807) is 6.08 Å². The Morgan fingerprint density at radius 3 is 1.02 bits per heavy atom. The van der Waals surface area contributed by atoms with Crippen LogP contribution in [0.5, 0.6) is 0 Å². The number of quaternary nitrogens is 1. The zero-order chi connectivity index (χ0) is 59.8. The Bertz CT molecular complexity index is 1480. The molecule has 484 valence electrons. The number of amides is 1. The van der Waals surface area contributed by atoms with Crippen molar-refractivity contribution in [2.24, 2.45) is 0 Å². The van der Waals surface area contributed by atoms with Crippen LogP contribution in [0.3, 0.4) is 0 Å². The maximum atomic E-state index is 13.0. The van der Waals surface area contributed by atoms with Gasteiger partial charge < -0.3 is 28.8 Å². The minimum absolute atomic E-state index is 0.00105. The summed E-state index contributed by atoms with van der Waals surface area (Å²) in [5.41, 5.74) is 0. The lowest BCUT2D eigenvalue weighted by molar-refractivity contribution is -0.870. The van der Waals surface area contributed by atoms with Gasteiger partial charge in [-0.05, 0) is 57.8 Å². The van der Waals surface area contributed by atoms with Crippen molar-refractivity contribution in [3.63, 3.8) is 0 Å². The summed E-state index contributed by atoms with van der Waals surface area (Å²) < 4.78 is 23.4. The summed E-state index contributed by atoms with van der Waals surface area (Å²) in [7, 11) is 1.28. The van der Waals surface area contributed by atoms with Gasteiger partial charge in [-0.15, -0.1) is 0 Å². The number of unbranched alkanes of at least 4 members (excludes halogenated alkanes) is 48. The van der Waals surface area contributed by atoms with Gasteiger partial charge in [0, 0.05) is 6.42 Å². The number of carbonyl (C=O) groups is 1. The van der Waals surface area contributed by atoms with Crippen molar-refractivity contribution < 1.29 is 32.9 Å². The molecule has 0 aromatic carbocycles. The highest BCUT2D eigenvalue weighted by Crippen LogP contribution is 2.38. The van der Waals surface area contributed by atoms with Crippen molar-refractivity contribution in [2.75, 3.05) is 40.9 Å².